The van der Waals surface area contributed by atoms with Crippen molar-refractivity contribution in [1.29, 1.82) is 0 Å². The Morgan fingerprint density at radius 3 is 2.32 bits per heavy atom. The number of fused-ring (bicyclic) bond motifs is 1. The molecule has 9 heteroatoms. The molecule has 0 saturated carbocycles. The maximum absolute atomic E-state index is 13.2. The largest absolute Gasteiger partial charge is 0.325 e. The highest BCUT2D eigenvalue weighted by Crippen LogP contribution is 2.26. The van der Waals surface area contributed by atoms with Crippen LogP contribution in [-0.2, 0) is 34.1 Å². The number of benzene rings is 2. The minimum Gasteiger partial charge on any atom is -0.325 e. The summed E-state index contributed by atoms with van der Waals surface area (Å²) in [6.07, 6.45) is 4.66. The van der Waals surface area contributed by atoms with Crippen molar-refractivity contribution >= 4 is 22.0 Å². The van der Waals surface area contributed by atoms with E-state index in [-0.39, 0.29) is 12.6 Å². The van der Waals surface area contributed by atoms with Crippen molar-refractivity contribution in [3.63, 3.8) is 0 Å². The molecule has 2 aromatic carbocycles. The summed E-state index contributed by atoms with van der Waals surface area (Å²) in [6.45, 7) is 1.75. The lowest BCUT2D eigenvalue weighted by Gasteiger charge is -2.35. The minimum atomic E-state index is -3.56. The van der Waals surface area contributed by atoms with E-state index in [4.69, 9.17) is 0 Å². The molecule has 0 aromatic heterocycles. The first-order valence-corrected chi connectivity index (χ1v) is 13.4. The Morgan fingerprint density at radius 2 is 1.59 bits per heavy atom. The third kappa shape index (κ3) is 4.60. The number of carbonyl (C=O) groups excluding carboxylic acids is 2. The van der Waals surface area contributed by atoms with Gasteiger partial charge in [-0.1, -0.05) is 36.4 Å². The third-order valence-corrected chi connectivity index (χ3v) is 8.91. The van der Waals surface area contributed by atoms with Crippen LogP contribution in [-0.4, -0.2) is 73.4 Å². The standard InChI is InChI=1S/C25H30N4O4S/c30-24-23(16-19-6-2-1-3-7-19)26-25(31)29(24)18-27-12-14-28(15-13-27)34(32,33)22-11-10-20-8-4-5-9-21(20)17-22/h1-3,6-7,10-11,17,23H,4-5,8-9,12-16,18H2,(H,26,31)/t23-/m0/s1. The van der Waals surface area contributed by atoms with E-state index in [9.17, 15) is 18.0 Å². The molecule has 1 atom stereocenters. The summed E-state index contributed by atoms with van der Waals surface area (Å²) in [6, 6.07) is 14.2. The number of hydrogen-bond acceptors (Lipinski definition) is 5. The van der Waals surface area contributed by atoms with Gasteiger partial charge in [0, 0.05) is 32.6 Å². The number of sulfonamides is 1. The van der Waals surface area contributed by atoms with Crippen molar-refractivity contribution in [3.8, 4) is 0 Å². The van der Waals surface area contributed by atoms with Gasteiger partial charge in [-0.2, -0.15) is 4.31 Å². The molecule has 5 rings (SSSR count). The molecule has 2 fully saturated rings. The monoisotopic (exact) mass is 482 g/mol. The topological polar surface area (TPSA) is 90.0 Å². The van der Waals surface area contributed by atoms with E-state index in [1.54, 1.807) is 6.07 Å². The Bertz CT molecular complexity index is 1180. The van der Waals surface area contributed by atoms with Crippen molar-refractivity contribution in [2.24, 2.45) is 0 Å². The van der Waals surface area contributed by atoms with Crippen molar-refractivity contribution in [3.05, 3.63) is 65.2 Å². The zero-order valence-electron chi connectivity index (χ0n) is 19.2. The van der Waals surface area contributed by atoms with Crippen molar-refractivity contribution in [1.82, 2.24) is 19.4 Å². The second kappa shape index (κ2) is 9.48. The lowest BCUT2D eigenvalue weighted by Crippen LogP contribution is -2.52. The molecule has 8 nitrogen and oxygen atoms in total. The van der Waals surface area contributed by atoms with E-state index in [1.807, 2.05) is 47.4 Å². The Morgan fingerprint density at radius 1 is 0.882 bits per heavy atom. The highest BCUT2D eigenvalue weighted by atomic mass is 32.2. The summed E-state index contributed by atoms with van der Waals surface area (Å²) in [5.74, 6) is -0.238. The number of nitrogens with zero attached hydrogens (tertiary/aromatic N) is 3. The number of amides is 3. The van der Waals surface area contributed by atoms with Crippen LogP contribution in [0, 0.1) is 0 Å². The molecule has 2 heterocycles. The first-order valence-electron chi connectivity index (χ1n) is 11.9. The Hall–Kier alpha value is -2.75. The van der Waals surface area contributed by atoms with Crippen LogP contribution in [0.3, 0.4) is 0 Å². The lowest BCUT2D eigenvalue weighted by atomic mass is 9.92. The summed E-state index contributed by atoms with van der Waals surface area (Å²) < 4.78 is 28.0. The molecule has 2 saturated heterocycles. The second-order valence-corrected chi connectivity index (χ2v) is 11.2. The van der Waals surface area contributed by atoms with E-state index in [0.29, 0.717) is 37.5 Å². The van der Waals surface area contributed by atoms with E-state index in [2.05, 4.69) is 5.32 Å². The van der Waals surface area contributed by atoms with Crippen LogP contribution < -0.4 is 5.32 Å². The number of piperazine rings is 1. The molecule has 3 amide bonds. The van der Waals surface area contributed by atoms with Crippen molar-refractivity contribution in [2.45, 2.75) is 43.0 Å². The van der Waals surface area contributed by atoms with Crippen molar-refractivity contribution in [2.75, 3.05) is 32.8 Å². The van der Waals surface area contributed by atoms with Gasteiger partial charge in [0.25, 0.3) is 5.91 Å². The van der Waals surface area contributed by atoms with Gasteiger partial charge in [0.2, 0.25) is 10.0 Å². The van der Waals surface area contributed by atoms with Crippen molar-refractivity contribution < 1.29 is 18.0 Å². The fraction of sp³-hybridized carbons (Fsp3) is 0.440. The molecule has 2 aliphatic heterocycles. The summed E-state index contributed by atoms with van der Waals surface area (Å²) >= 11 is 0. The molecular formula is C25H30N4O4S. The number of rotatable bonds is 6. The van der Waals surface area contributed by atoms with E-state index < -0.39 is 22.1 Å². The number of nitrogens with one attached hydrogen (secondary N) is 1. The second-order valence-electron chi connectivity index (χ2n) is 9.26. The third-order valence-electron chi connectivity index (χ3n) is 7.02. The molecular weight excluding hydrogens is 452 g/mol. The smallest absolute Gasteiger partial charge is 0.325 e. The average Bonchev–Trinajstić information content (AvgIpc) is 3.12. The van der Waals surface area contributed by atoms with Gasteiger partial charge in [-0.3, -0.25) is 9.69 Å². The van der Waals surface area contributed by atoms with Crippen LogP contribution in [0.5, 0.6) is 0 Å². The fourth-order valence-electron chi connectivity index (χ4n) is 5.03. The zero-order chi connectivity index (χ0) is 23.7. The molecule has 180 valence electrons. The van der Waals surface area contributed by atoms with Crippen LogP contribution in [0.1, 0.15) is 29.5 Å². The predicted octanol–water partition coefficient (Wildman–Crippen LogP) is 1.99. The van der Waals surface area contributed by atoms with Crippen LogP contribution in [0.2, 0.25) is 0 Å². The quantitative estimate of drug-likeness (QED) is 0.636. The van der Waals surface area contributed by atoms with Gasteiger partial charge in [-0.25, -0.2) is 18.1 Å². The van der Waals surface area contributed by atoms with Crippen LogP contribution in [0.15, 0.2) is 53.4 Å². The molecule has 0 spiro atoms. The number of imide groups is 1. The molecule has 34 heavy (non-hydrogen) atoms. The molecule has 1 aliphatic carbocycles. The van der Waals surface area contributed by atoms with E-state index in [0.717, 1.165) is 36.8 Å². The predicted molar refractivity (Wildman–Crippen MR) is 128 cm³/mol. The minimum absolute atomic E-state index is 0.169. The lowest BCUT2D eigenvalue weighted by molar-refractivity contribution is -0.129. The summed E-state index contributed by atoms with van der Waals surface area (Å²) in [5.41, 5.74) is 3.40. The zero-order valence-corrected chi connectivity index (χ0v) is 20.0. The molecule has 0 bridgehead atoms. The molecule has 0 radical (unpaired) electrons. The number of carbonyl (C=O) groups is 2. The van der Waals surface area contributed by atoms with Gasteiger partial charge in [0.05, 0.1) is 11.6 Å². The highest BCUT2D eigenvalue weighted by molar-refractivity contribution is 7.89. The SMILES string of the molecule is O=C1N[C@@H](Cc2ccccc2)C(=O)N1CN1CCN(S(=O)(=O)c2ccc3c(c2)CCCC3)CC1. The van der Waals surface area contributed by atoms with Crippen LogP contribution >= 0.6 is 0 Å². The van der Waals surface area contributed by atoms with Crippen LogP contribution in [0.4, 0.5) is 4.79 Å². The van der Waals surface area contributed by atoms with Gasteiger partial charge in [-0.05, 0) is 54.5 Å². The maximum atomic E-state index is 13.2. The van der Waals surface area contributed by atoms with Gasteiger partial charge in [-0.15, -0.1) is 0 Å². The highest BCUT2D eigenvalue weighted by Gasteiger charge is 2.39. The molecule has 1 N–H and O–H groups in total. The normalized spacial score (nSPS) is 22.0. The van der Waals surface area contributed by atoms with Gasteiger partial charge >= 0.3 is 6.03 Å². The summed E-state index contributed by atoms with van der Waals surface area (Å²) in [4.78, 5) is 28.8. The number of aryl methyl sites for hydroxylation is 2. The first-order chi connectivity index (χ1) is 16.4. The number of hydrogen-bond donors (Lipinski definition) is 1. The van der Waals surface area contributed by atoms with Gasteiger partial charge in [0.1, 0.15) is 6.04 Å². The molecule has 3 aliphatic rings. The first kappa shape index (κ1) is 23.0. The Labute approximate surface area is 200 Å². The Kier molecular flexibility index (Phi) is 6.42. The molecule has 0 unspecified atom stereocenters. The average molecular weight is 483 g/mol. The van der Waals surface area contributed by atoms with Gasteiger partial charge in [0.15, 0.2) is 0 Å². The Balaban J connectivity index is 1.18. The fourth-order valence-corrected chi connectivity index (χ4v) is 6.50. The summed E-state index contributed by atoms with van der Waals surface area (Å²) in [5, 5.41) is 2.78. The van der Waals surface area contributed by atoms with Gasteiger partial charge < -0.3 is 5.32 Å². The van der Waals surface area contributed by atoms with E-state index >= 15 is 0 Å². The molecule has 2 aromatic rings. The number of urea groups is 1. The van der Waals surface area contributed by atoms with E-state index in [1.165, 1.54) is 14.8 Å². The maximum Gasteiger partial charge on any atom is 0.325 e. The summed E-state index contributed by atoms with van der Waals surface area (Å²) in [7, 11) is -3.56. The van der Waals surface area contributed by atoms with Crippen LogP contribution in [0.25, 0.3) is 0 Å².